The number of halogens is 1. The van der Waals surface area contributed by atoms with Gasteiger partial charge in [0.1, 0.15) is 0 Å². The minimum Gasteiger partial charge on any atom is -0.464 e. The number of hydrogen-bond donors (Lipinski definition) is 0. The van der Waals surface area contributed by atoms with Gasteiger partial charge >= 0.3 is 5.97 Å². The number of piperidine rings is 1. The highest BCUT2D eigenvalue weighted by molar-refractivity contribution is 7.09. The molecule has 1 aromatic heterocycles. The van der Waals surface area contributed by atoms with Gasteiger partial charge < -0.3 is 9.64 Å². The minimum atomic E-state index is -0.408. The van der Waals surface area contributed by atoms with Crippen molar-refractivity contribution in [2.45, 2.75) is 25.2 Å². The van der Waals surface area contributed by atoms with Crippen molar-refractivity contribution in [3.63, 3.8) is 0 Å². The molecule has 0 spiro atoms. The van der Waals surface area contributed by atoms with Gasteiger partial charge in [-0.2, -0.15) is 0 Å². The van der Waals surface area contributed by atoms with Crippen LogP contribution in [0.15, 0.2) is 29.6 Å². The standard InChI is InChI=1S/C18H19ClN2O3S/c1-24-18(23)15-11-25-17(20-15)12-6-8-21(9-7-12)16(22)10-13-4-2-3-5-14(13)19/h2-5,11-12H,6-10H2,1H3. The predicted molar refractivity (Wildman–Crippen MR) is 97.2 cm³/mol. The van der Waals surface area contributed by atoms with E-state index in [-0.39, 0.29) is 11.8 Å². The Morgan fingerprint density at radius 1 is 1.32 bits per heavy atom. The van der Waals surface area contributed by atoms with Gasteiger partial charge in [-0.3, -0.25) is 4.79 Å². The Morgan fingerprint density at radius 3 is 2.72 bits per heavy atom. The zero-order valence-electron chi connectivity index (χ0n) is 13.9. The Kier molecular flexibility index (Phi) is 5.71. The van der Waals surface area contributed by atoms with Crippen molar-refractivity contribution in [2.75, 3.05) is 20.2 Å². The number of esters is 1. The van der Waals surface area contributed by atoms with Gasteiger partial charge in [0.2, 0.25) is 5.91 Å². The van der Waals surface area contributed by atoms with E-state index in [9.17, 15) is 9.59 Å². The molecule has 1 aliphatic heterocycles. The molecule has 0 radical (unpaired) electrons. The SMILES string of the molecule is COC(=O)c1csc(C2CCN(C(=O)Cc3ccccc3Cl)CC2)n1. The molecule has 1 aliphatic rings. The van der Waals surface area contributed by atoms with Crippen molar-refractivity contribution < 1.29 is 14.3 Å². The summed E-state index contributed by atoms with van der Waals surface area (Å²) in [7, 11) is 1.35. The van der Waals surface area contributed by atoms with E-state index in [1.807, 2.05) is 23.1 Å². The van der Waals surface area contributed by atoms with Crippen LogP contribution in [0.25, 0.3) is 0 Å². The van der Waals surface area contributed by atoms with Crippen LogP contribution in [-0.4, -0.2) is 42.0 Å². The summed E-state index contributed by atoms with van der Waals surface area (Å²) in [5.74, 6) is -0.0245. The number of ether oxygens (including phenoxy) is 1. The number of likely N-dealkylation sites (tertiary alicyclic amines) is 1. The molecule has 1 amide bonds. The second-order valence-electron chi connectivity index (χ2n) is 5.99. The molecule has 2 aromatic rings. The molecule has 25 heavy (non-hydrogen) atoms. The van der Waals surface area contributed by atoms with E-state index in [1.165, 1.54) is 18.4 Å². The molecule has 1 saturated heterocycles. The zero-order valence-corrected chi connectivity index (χ0v) is 15.5. The second-order valence-corrected chi connectivity index (χ2v) is 7.28. The van der Waals surface area contributed by atoms with Gasteiger partial charge in [-0.25, -0.2) is 9.78 Å². The number of nitrogens with zero attached hydrogens (tertiary/aromatic N) is 2. The summed E-state index contributed by atoms with van der Waals surface area (Å²) in [4.78, 5) is 30.3. The predicted octanol–water partition coefficient (Wildman–Crippen LogP) is 3.53. The molecule has 0 aliphatic carbocycles. The average Bonchev–Trinajstić information content (AvgIpc) is 3.13. The lowest BCUT2D eigenvalue weighted by Crippen LogP contribution is -2.38. The molecule has 0 saturated carbocycles. The second kappa shape index (κ2) is 7.97. The summed E-state index contributed by atoms with van der Waals surface area (Å²) in [6, 6.07) is 7.44. The maximum atomic E-state index is 12.5. The van der Waals surface area contributed by atoms with Gasteiger partial charge in [-0.05, 0) is 24.5 Å². The van der Waals surface area contributed by atoms with Crippen LogP contribution in [0.5, 0.6) is 0 Å². The van der Waals surface area contributed by atoms with Gasteiger partial charge in [0.05, 0.1) is 18.5 Å². The Hall–Kier alpha value is -1.92. The number of rotatable bonds is 4. The number of carbonyl (C=O) groups is 2. The van der Waals surface area contributed by atoms with Crippen LogP contribution in [0.3, 0.4) is 0 Å². The van der Waals surface area contributed by atoms with E-state index in [1.54, 1.807) is 11.4 Å². The quantitative estimate of drug-likeness (QED) is 0.763. The van der Waals surface area contributed by atoms with E-state index in [0.717, 1.165) is 23.4 Å². The van der Waals surface area contributed by atoms with Crippen LogP contribution in [0.1, 0.15) is 39.8 Å². The third-order valence-corrected chi connectivity index (χ3v) is 5.79. The topological polar surface area (TPSA) is 59.5 Å². The Labute approximate surface area is 155 Å². The Bertz CT molecular complexity index is 769. The van der Waals surface area contributed by atoms with E-state index in [4.69, 9.17) is 16.3 Å². The zero-order chi connectivity index (χ0) is 17.8. The molecule has 1 aromatic carbocycles. The number of amides is 1. The van der Waals surface area contributed by atoms with Crippen molar-refractivity contribution in [1.29, 1.82) is 0 Å². The largest absolute Gasteiger partial charge is 0.464 e. The minimum absolute atomic E-state index is 0.0981. The fourth-order valence-electron chi connectivity index (χ4n) is 2.97. The molecular formula is C18H19ClN2O3S. The first kappa shape index (κ1) is 17.9. The lowest BCUT2D eigenvalue weighted by Gasteiger charge is -2.31. The summed E-state index contributed by atoms with van der Waals surface area (Å²) < 4.78 is 4.69. The van der Waals surface area contributed by atoms with Gasteiger partial charge in [-0.15, -0.1) is 11.3 Å². The maximum Gasteiger partial charge on any atom is 0.357 e. The van der Waals surface area contributed by atoms with Crippen LogP contribution in [0, 0.1) is 0 Å². The van der Waals surface area contributed by atoms with Gasteiger partial charge in [0, 0.05) is 29.4 Å². The summed E-state index contributed by atoms with van der Waals surface area (Å²) >= 11 is 7.62. The summed E-state index contributed by atoms with van der Waals surface area (Å²) in [5, 5.41) is 3.30. The number of benzene rings is 1. The highest BCUT2D eigenvalue weighted by Gasteiger charge is 2.26. The molecule has 1 fully saturated rings. The van der Waals surface area contributed by atoms with E-state index in [2.05, 4.69) is 4.98 Å². The van der Waals surface area contributed by atoms with Crippen molar-refractivity contribution in [3.8, 4) is 0 Å². The van der Waals surface area contributed by atoms with Crippen molar-refractivity contribution in [1.82, 2.24) is 9.88 Å². The normalized spacial score (nSPS) is 15.2. The molecule has 2 heterocycles. The van der Waals surface area contributed by atoms with Crippen molar-refractivity contribution in [3.05, 3.63) is 50.9 Å². The summed E-state index contributed by atoms with van der Waals surface area (Å²) in [5.41, 5.74) is 1.22. The third-order valence-electron chi connectivity index (χ3n) is 4.41. The molecule has 0 atom stereocenters. The Balaban J connectivity index is 1.56. The molecule has 3 rings (SSSR count). The molecule has 132 valence electrons. The van der Waals surface area contributed by atoms with E-state index >= 15 is 0 Å². The maximum absolute atomic E-state index is 12.5. The highest BCUT2D eigenvalue weighted by atomic mass is 35.5. The van der Waals surface area contributed by atoms with Gasteiger partial charge in [-0.1, -0.05) is 29.8 Å². The number of hydrogen-bond acceptors (Lipinski definition) is 5. The van der Waals surface area contributed by atoms with Crippen LogP contribution in [0.2, 0.25) is 5.02 Å². The highest BCUT2D eigenvalue weighted by Crippen LogP contribution is 2.31. The number of carbonyl (C=O) groups excluding carboxylic acids is 2. The van der Waals surface area contributed by atoms with Gasteiger partial charge in [0.15, 0.2) is 5.69 Å². The fourth-order valence-corrected chi connectivity index (χ4v) is 4.13. The van der Waals surface area contributed by atoms with Crippen molar-refractivity contribution >= 4 is 34.8 Å². The van der Waals surface area contributed by atoms with Crippen LogP contribution >= 0.6 is 22.9 Å². The van der Waals surface area contributed by atoms with Gasteiger partial charge in [0.25, 0.3) is 0 Å². The first-order valence-corrected chi connectivity index (χ1v) is 9.39. The lowest BCUT2D eigenvalue weighted by molar-refractivity contribution is -0.131. The molecule has 0 N–H and O–H groups in total. The third kappa shape index (κ3) is 4.19. The van der Waals surface area contributed by atoms with Crippen LogP contribution in [0.4, 0.5) is 0 Å². The molecule has 0 unspecified atom stereocenters. The molecule has 5 nitrogen and oxygen atoms in total. The van der Waals surface area contributed by atoms with E-state index < -0.39 is 5.97 Å². The van der Waals surface area contributed by atoms with Crippen molar-refractivity contribution in [2.24, 2.45) is 0 Å². The number of thiazole rings is 1. The average molecular weight is 379 g/mol. The molecular weight excluding hydrogens is 360 g/mol. The summed E-state index contributed by atoms with van der Waals surface area (Å²) in [6.45, 7) is 1.39. The van der Waals surface area contributed by atoms with Crippen LogP contribution in [-0.2, 0) is 16.0 Å². The molecule has 0 bridgehead atoms. The van der Waals surface area contributed by atoms with E-state index in [0.29, 0.717) is 30.2 Å². The fraction of sp³-hybridized carbons (Fsp3) is 0.389. The summed E-state index contributed by atoms with van der Waals surface area (Å²) in [6.07, 6.45) is 2.03. The number of aromatic nitrogens is 1. The Morgan fingerprint density at radius 2 is 2.04 bits per heavy atom. The first-order chi connectivity index (χ1) is 12.1. The first-order valence-electron chi connectivity index (χ1n) is 8.13. The van der Waals surface area contributed by atoms with Crippen LogP contribution < -0.4 is 0 Å². The monoisotopic (exact) mass is 378 g/mol. The lowest BCUT2D eigenvalue weighted by atomic mass is 9.97. The number of methoxy groups -OCH3 is 1. The molecule has 7 heteroatoms. The smallest absolute Gasteiger partial charge is 0.357 e.